The number of amides is 2. The molecule has 0 atom stereocenters. The zero-order chi connectivity index (χ0) is 19.4. The molecule has 1 aromatic heterocycles. The molecular formula is C18H22BrN5O2S. The van der Waals surface area contributed by atoms with Gasteiger partial charge in [0, 0.05) is 36.9 Å². The highest BCUT2D eigenvalue weighted by Crippen LogP contribution is 2.40. The van der Waals surface area contributed by atoms with E-state index < -0.39 is 0 Å². The van der Waals surface area contributed by atoms with Gasteiger partial charge in [-0.3, -0.25) is 9.59 Å². The third-order valence-corrected chi connectivity index (χ3v) is 6.11. The third-order valence-electron chi connectivity index (χ3n) is 4.39. The van der Waals surface area contributed by atoms with Gasteiger partial charge in [0.2, 0.25) is 11.8 Å². The number of aromatic nitrogens is 3. The number of hydrogen-bond acceptors (Lipinski definition) is 5. The molecule has 0 saturated heterocycles. The molecule has 3 rings (SSSR count). The Balaban J connectivity index is 1.61. The van der Waals surface area contributed by atoms with Crippen LogP contribution >= 0.6 is 27.7 Å². The maximum atomic E-state index is 12.5. The molecule has 27 heavy (non-hydrogen) atoms. The van der Waals surface area contributed by atoms with Crippen molar-refractivity contribution in [1.29, 1.82) is 0 Å². The minimum absolute atomic E-state index is 0.00757. The summed E-state index contributed by atoms with van der Waals surface area (Å²) in [5, 5.41) is 9.16. The van der Waals surface area contributed by atoms with Crippen molar-refractivity contribution in [3.05, 3.63) is 40.1 Å². The molecule has 1 heterocycles. The van der Waals surface area contributed by atoms with E-state index in [1.54, 1.807) is 11.9 Å². The fraction of sp³-hybridized carbons (Fsp3) is 0.444. The van der Waals surface area contributed by atoms with Gasteiger partial charge < -0.3 is 15.2 Å². The van der Waals surface area contributed by atoms with Gasteiger partial charge in [0.25, 0.3) is 0 Å². The van der Waals surface area contributed by atoms with Crippen molar-refractivity contribution in [3.8, 4) is 0 Å². The first kappa shape index (κ1) is 19.9. The van der Waals surface area contributed by atoms with E-state index in [1.165, 1.54) is 11.8 Å². The molecule has 0 aliphatic heterocycles. The molecule has 0 bridgehead atoms. The Morgan fingerprint density at radius 1 is 1.33 bits per heavy atom. The van der Waals surface area contributed by atoms with Crippen LogP contribution in [0.25, 0.3) is 0 Å². The zero-order valence-corrected chi connectivity index (χ0v) is 17.5. The second-order valence-electron chi connectivity index (χ2n) is 6.61. The SMILES string of the molecule is CN(Cc1ccccc1Br)C(=O)CSc1nnc(C2CC2)n1CCC(N)=O. The van der Waals surface area contributed by atoms with Crippen LogP contribution in [0.15, 0.2) is 33.9 Å². The molecule has 0 spiro atoms. The molecule has 9 heteroatoms. The van der Waals surface area contributed by atoms with Crippen LogP contribution in [0.3, 0.4) is 0 Å². The smallest absolute Gasteiger partial charge is 0.233 e. The van der Waals surface area contributed by atoms with Gasteiger partial charge in [-0.05, 0) is 24.5 Å². The average molecular weight is 452 g/mol. The second kappa shape index (κ2) is 8.88. The van der Waals surface area contributed by atoms with Gasteiger partial charge in [0.1, 0.15) is 5.82 Å². The number of nitrogens with zero attached hydrogens (tertiary/aromatic N) is 4. The number of hydrogen-bond donors (Lipinski definition) is 1. The summed E-state index contributed by atoms with van der Waals surface area (Å²) in [6, 6.07) is 7.85. The Labute approximate surface area is 170 Å². The van der Waals surface area contributed by atoms with E-state index in [2.05, 4.69) is 26.1 Å². The molecule has 1 fully saturated rings. The molecule has 1 aliphatic carbocycles. The number of benzene rings is 1. The van der Waals surface area contributed by atoms with E-state index in [9.17, 15) is 9.59 Å². The molecule has 0 unspecified atom stereocenters. The Hall–Kier alpha value is -1.87. The van der Waals surface area contributed by atoms with Crippen molar-refractivity contribution in [2.24, 2.45) is 5.73 Å². The highest BCUT2D eigenvalue weighted by molar-refractivity contribution is 9.10. The number of halogens is 1. The van der Waals surface area contributed by atoms with E-state index in [1.807, 2.05) is 28.8 Å². The lowest BCUT2D eigenvalue weighted by Gasteiger charge is -2.18. The first-order valence-electron chi connectivity index (χ1n) is 8.77. The van der Waals surface area contributed by atoms with Crippen LogP contribution in [-0.4, -0.2) is 44.3 Å². The normalized spacial score (nSPS) is 13.6. The van der Waals surface area contributed by atoms with Gasteiger partial charge in [-0.25, -0.2) is 0 Å². The summed E-state index contributed by atoms with van der Waals surface area (Å²) in [4.78, 5) is 25.4. The van der Waals surface area contributed by atoms with Gasteiger partial charge in [0.05, 0.1) is 5.75 Å². The third kappa shape index (κ3) is 5.32. The van der Waals surface area contributed by atoms with Gasteiger partial charge in [0.15, 0.2) is 5.16 Å². The summed E-state index contributed by atoms with van der Waals surface area (Å²) in [5.41, 5.74) is 6.34. The lowest BCUT2D eigenvalue weighted by atomic mass is 10.2. The lowest BCUT2D eigenvalue weighted by molar-refractivity contribution is -0.127. The molecule has 2 aromatic rings. The Kier molecular flexibility index (Phi) is 6.54. The largest absolute Gasteiger partial charge is 0.370 e. The van der Waals surface area contributed by atoms with Gasteiger partial charge in [-0.15, -0.1) is 10.2 Å². The summed E-state index contributed by atoms with van der Waals surface area (Å²) in [6.45, 7) is 0.986. The van der Waals surface area contributed by atoms with Crippen molar-refractivity contribution in [1.82, 2.24) is 19.7 Å². The molecular weight excluding hydrogens is 430 g/mol. The Morgan fingerprint density at radius 2 is 2.07 bits per heavy atom. The van der Waals surface area contributed by atoms with Gasteiger partial charge in [-0.2, -0.15) is 0 Å². The van der Waals surface area contributed by atoms with Crippen LogP contribution in [0.1, 0.15) is 36.6 Å². The fourth-order valence-corrected chi connectivity index (χ4v) is 4.01. The molecule has 7 nitrogen and oxygen atoms in total. The summed E-state index contributed by atoms with van der Waals surface area (Å²) >= 11 is 4.86. The fourth-order valence-electron chi connectivity index (χ4n) is 2.69. The number of primary amides is 1. The average Bonchev–Trinajstić information content (AvgIpc) is 3.40. The summed E-state index contributed by atoms with van der Waals surface area (Å²) in [6.07, 6.45) is 2.42. The van der Waals surface area contributed by atoms with Crippen molar-refractivity contribution in [2.75, 3.05) is 12.8 Å². The van der Waals surface area contributed by atoms with Gasteiger partial charge in [-0.1, -0.05) is 45.9 Å². The van der Waals surface area contributed by atoms with Crippen LogP contribution < -0.4 is 5.73 Å². The first-order valence-corrected chi connectivity index (χ1v) is 10.5. The number of carbonyl (C=O) groups excluding carboxylic acids is 2. The van der Waals surface area contributed by atoms with Crippen molar-refractivity contribution in [2.45, 2.75) is 43.4 Å². The van der Waals surface area contributed by atoms with E-state index >= 15 is 0 Å². The molecule has 1 saturated carbocycles. The van der Waals surface area contributed by atoms with E-state index in [-0.39, 0.29) is 24.0 Å². The molecule has 144 valence electrons. The minimum Gasteiger partial charge on any atom is -0.370 e. The summed E-state index contributed by atoms with van der Waals surface area (Å²) < 4.78 is 2.92. The first-order chi connectivity index (χ1) is 13.0. The van der Waals surface area contributed by atoms with Gasteiger partial charge >= 0.3 is 0 Å². The highest BCUT2D eigenvalue weighted by atomic mass is 79.9. The maximum absolute atomic E-state index is 12.5. The van der Waals surface area contributed by atoms with E-state index in [0.29, 0.717) is 24.2 Å². The number of carbonyl (C=O) groups is 2. The quantitative estimate of drug-likeness (QED) is 0.591. The lowest BCUT2D eigenvalue weighted by Crippen LogP contribution is -2.28. The summed E-state index contributed by atoms with van der Waals surface area (Å²) in [5.74, 6) is 1.22. The molecule has 1 aliphatic rings. The standard InChI is InChI=1S/C18H22BrN5O2S/c1-23(10-13-4-2-3-5-14(13)19)16(26)11-27-18-22-21-17(12-6-7-12)24(18)9-8-15(20)25/h2-5,12H,6-11H2,1H3,(H2,20,25). The van der Waals surface area contributed by atoms with E-state index in [0.717, 1.165) is 28.7 Å². The van der Waals surface area contributed by atoms with Crippen molar-refractivity contribution >= 4 is 39.5 Å². The minimum atomic E-state index is -0.356. The highest BCUT2D eigenvalue weighted by Gasteiger charge is 2.30. The van der Waals surface area contributed by atoms with Crippen molar-refractivity contribution < 1.29 is 9.59 Å². The van der Waals surface area contributed by atoms with E-state index in [4.69, 9.17) is 5.73 Å². The van der Waals surface area contributed by atoms with Crippen LogP contribution in [0, 0.1) is 0 Å². The Bertz CT molecular complexity index is 837. The number of thioether (sulfide) groups is 1. The molecule has 2 amide bonds. The number of rotatable bonds is 9. The van der Waals surface area contributed by atoms with Crippen LogP contribution in [0.5, 0.6) is 0 Å². The predicted molar refractivity (Wildman–Crippen MR) is 107 cm³/mol. The van der Waals surface area contributed by atoms with Crippen molar-refractivity contribution in [3.63, 3.8) is 0 Å². The molecule has 2 N–H and O–H groups in total. The van der Waals surface area contributed by atoms with Crippen LogP contribution in [0.2, 0.25) is 0 Å². The second-order valence-corrected chi connectivity index (χ2v) is 8.41. The monoisotopic (exact) mass is 451 g/mol. The topological polar surface area (TPSA) is 94.1 Å². The van der Waals surface area contributed by atoms with Crippen LogP contribution in [-0.2, 0) is 22.7 Å². The molecule has 0 radical (unpaired) electrons. The predicted octanol–water partition coefficient (Wildman–Crippen LogP) is 2.54. The summed E-state index contributed by atoms with van der Waals surface area (Å²) in [7, 11) is 1.79. The maximum Gasteiger partial charge on any atom is 0.233 e. The molecule has 1 aromatic carbocycles. The number of nitrogens with two attached hydrogens (primary N) is 1. The zero-order valence-electron chi connectivity index (χ0n) is 15.1. The van der Waals surface area contributed by atoms with Crippen LogP contribution in [0.4, 0.5) is 0 Å². The Morgan fingerprint density at radius 3 is 2.74 bits per heavy atom.